The van der Waals surface area contributed by atoms with Gasteiger partial charge in [-0.2, -0.15) is 0 Å². The van der Waals surface area contributed by atoms with Gasteiger partial charge in [-0.05, 0) is 25.8 Å². The highest BCUT2D eigenvalue weighted by molar-refractivity contribution is 5.89. The lowest BCUT2D eigenvalue weighted by Gasteiger charge is -2.25. The standard InChI is InChI=1S/C17H25N3O2/c1-12(18)8-9-19-17(22)15-10-16(21)20(11-15)13(2)14-6-4-3-5-7-14/h3-7,12-13,15H,8-11,18H2,1-2H3,(H,19,22). The Morgan fingerprint density at radius 3 is 2.68 bits per heavy atom. The molecule has 1 saturated heterocycles. The van der Waals surface area contributed by atoms with E-state index in [0.29, 0.717) is 19.5 Å². The van der Waals surface area contributed by atoms with Gasteiger partial charge in [-0.3, -0.25) is 9.59 Å². The van der Waals surface area contributed by atoms with Crippen molar-refractivity contribution >= 4 is 11.8 Å². The third-order valence-electron chi connectivity index (χ3n) is 4.18. The van der Waals surface area contributed by atoms with Crippen molar-refractivity contribution in [3.63, 3.8) is 0 Å². The largest absolute Gasteiger partial charge is 0.356 e. The van der Waals surface area contributed by atoms with Crippen LogP contribution in [-0.4, -0.2) is 35.8 Å². The van der Waals surface area contributed by atoms with E-state index in [0.717, 1.165) is 12.0 Å². The van der Waals surface area contributed by atoms with Crippen molar-refractivity contribution in [3.8, 4) is 0 Å². The van der Waals surface area contributed by atoms with Crippen LogP contribution in [0.25, 0.3) is 0 Å². The zero-order chi connectivity index (χ0) is 16.1. The lowest BCUT2D eigenvalue weighted by Crippen LogP contribution is -2.35. The van der Waals surface area contributed by atoms with E-state index < -0.39 is 0 Å². The molecule has 1 aromatic rings. The number of nitrogens with zero attached hydrogens (tertiary/aromatic N) is 1. The van der Waals surface area contributed by atoms with Crippen molar-refractivity contribution < 1.29 is 9.59 Å². The molecule has 0 aliphatic carbocycles. The van der Waals surface area contributed by atoms with Crippen LogP contribution in [0.15, 0.2) is 30.3 Å². The summed E-state index contributed by atoms with van der Waals surface area (Å²) in [5.74, 6) is -0.257. The Morgan fingerprint density at radius 1 is 1.36 bits per heavy atom. The molecule has 0 aromatic heterocycles. The van der Waals surface area contributed by atoms with Gasteiger partial charge in [0.25, 0.3) is 0 Å². The van der Waals surface area contributed by atoms with E-state index in [1.54, 1.807) is 4.90 Å². The summed E-state index contributed by atoms with van der Waals surface area (Å²) in [4.78, 5) is 26.2. The zero-order valence-electron chi connectivity index (χ0n) is 13.3. The van der Waals surface area contributed by atoms with Gasteiger partial charge in [-0.1, -0.05) is 30.3 Å². The minimum Gasteiger partial charge on any atom is -0.356 e. The number of nitrogens with two attached hydrogens (primary N) is 1. The molecule has 0 spiro atoms. The molecule has 1 heterocycles. The lowest BCUT2D eigenvalue weighted by molar-refractivity contribution is -0.130. The summed E-state index contributed by atoms with van der Waals surface area (Å²) < 4.78 is 0. The van der Waals surface area contributed by atoms with E-state index in [1.165, 1.54) is 0 Å². The normalized spacial score (nSPS) is 20.8. The van der Waals surface area contributed by atoms with Crippen LogP contribution < -0.4 is 11.1 Å². The summed E-state index contributed by atoms with van der Waals surface area (Å²) in [5, 5.41) is 2.88. The van der Waals surface area contributed by atoms with Crippen molar-refractivity contribution in [1.29, 1.82) is 0 Å². The molecule has 22 heavy (non-hydrogen) atoms. The van der Waals surface area contributed by atoms with Gasteiger partial charge < -0.3 is 16.0 Å². The van der Waals surface area contributed by atoms with Gasteiger partial charge in [0.15, 0.2) is 0 Å². The van der Waals surface area contributed by atoms with Gasteiger partial charge in [-0.25, -0.2) is 0 Å². The zero-order valence-corrected chi connectivity index (χ0v) is 13.3. The number of benzene rings is 1. The highest BCUT2D eigenvalue weighted by atomic mass is 16.2. The summed E-state index contributed by atoms with van der Waals surface area (Å²) in [6.45, 7) is 4.96. The van der Waals surface area contributed by atoms with Crippen LogP contribution >= 0.6 is 0 Å². The second kappa shape index (κ2) is 7.40. The number of rotatable bonds is 6. The van der Waals surface area contributed by atoms with Crippen LogP contribution in [0.4, 0.5) is 0 Å². The van der Waals surface area contributed by atoms with Crippen LogP contribution in [0, 0.1) is 5.92 Å². The molecule has 3 atom stereocenters. The first-order valence-corrected chi connectivity index (χ1v) is 7.86. The van der Waals surface area contributed by atoms with Crippen LogP contribution in [0.1, 0.15) is 38.3 Å². The van der Waals surface area contributed by atoms with E-state index in [1.807, 2.05) is 44.2 Å². The molecule has 5 heteroatoms. The van der Waals surface area contributed by atoms with Crippen molar-refractivity contribution in [1.82, 2.24) is 10.2 Å². The Labute approximate surface area is 131 Å². The maximum absolute atomic E-state index is 12.2. The molecule has 5 nitrogen and oxygen atoms in total. The molecule has 1 aromatic carbocycles. The number of amides is 2. The van der Waals surface area contributed by atoms with E-state index in [9.17, 15) is 9.59 Å². The van der Waals surface area contributed by atoms with E-state index in [2.05, 4.69) is 5.32 Å². The topological polar surface area (TPSA) is 75.4 Å². The number of likely N-dealkylation sites (tertiary alicyclic amines) is 1. The molecule has 1 aliphatic rings. The third-order valence-corrected chi connectivity index (χ3v) is 4.18. The van der Waals surface area contributed by atoms with E-state index >= 15 is 0 Å². The average molecular weight is 303 g/mol. The second-order valence-electron chi connectivity index (χ2n) is 6.09. The average Bonchev–Trinajstić information content (AvgIpc) is 2.89. The van der Waals surface area contributed by atoms with E-state index in [-0.39, 0.29) is 29.8 Å². The quantitative estimate of drug-likeness (QED) is 0.835. The van der Waals surface area contributed by atoms with Crippen LogP contribution in [-0.2, 0) is 9.59 Å². The molecule has 0 bridgehead atoms. The maximum Gasteiger partial charge on any atom is 0.225 e. The molecular weight excluding hydrogens is 278 g/mol. The predicted octanol–water partition coefficient (Wildman–Crippen LogP) is 1.45. The Kier molecular flexibility index (Phi) is 5.55. The minimum absolute atomic E-state index is 0.00411. The van der Waals surface area contributed by atoms with Gasteiger partial charge in [0.1, 0.15) is 0 Å². The summed E-state index contributed by atoms with van der Waals surface area (Å²) in [6.07, 6.45) is 1.04. The van der Waals surface area contributed by atoms with Crippen molar-refractivity contribution in [2.45, 2.75) is 38.8 Å². The monoisotopic (exact) mass is 303 g/mol. The fourth-order valence-corrected chi connectivity index (χ4v) is 2.76. The molecule has 1 aliphatic heterocycles. The fraction of sp³-hybridized carbons (Fsp3) is 0.529. The van der Waals surface area contributed by atoms with Crippen molar-refractivity contribution in [3.05, 3.63) is 35.9 Å². The number of nitrogens with one attached hydrogen (secondary N) is 1. The molecule has 2 rings (SSSR count). The first-order valence-electron chi connectivity index (χ1n) is 7.86. The van der Waals surface area contributed by atoms with Crippen LogP contribution in [0.5, 0.6) is 0 Å². The molecule has 3 N–H and O–H groups in total. The fourth-order valence-electron chi connectivity index (χ4n) is 2.76. The molecule has 120 valence electrons. The summed E-state index contributed by atoms with van der Waals surface area (Å²) in [5.41, 5.74) is 6.76. The number of carbonyl (C=O) groups excluding carboxylic acids is 2. The smallest absolute Gasteiger partial charge is 0.225 e. The summed E-state index contributed by atoms with van der Waals surface area (Å²) >= 11 is 0. The minimum atomic E-state index is -0.258. The van der Waals surface area contributed by atoms with Gasteiger partial charge in [0, 0.05) is 25.6 Å². The molecule has 1 fully saturated rings. The summed E-state index contributed by atoms with van der Waals surface area (Å²) in [7, 11) is 0. The van der Waals surface area contributed by atoms with Gasteiger partial charge in [0.2, 0.25) is 11.8 Å². The SMILES string of the molecule is CC(N)CCNC(=O)C1CC(=O)N(C(C)c2ccccc2)C1. The molecule has 2 amide bonds. The second-order valence-corrected chi connectivity index (χ2v) is 6.09. The number of hydrogen-bond acceptors (Lipinski definition) is 3. The molecule has 3 unspecified atom stereocenters. The predicted molar refractivity (Wildman–Crippen MR) is 86.0 cm³/mol. The van der Waals surface area contributed by atoms with Gasteiger partial charge in [0.05, 0.1) is 12.0 Å². The summed E-state index contributed by atoms with van der Waals surface area (Å²) in [6, 6.07) is 9.96. The van der Waals surface area contributed by atoms with E-state index in [4.69, 9.17) is 5.73 Å². The number of carbonyl (C=O) groups is 2. The highest BCUT2D eigenvalue weighted by Gasteiger charge is 2.36. The first kappa shape index (κ1) is 16.5. The Balaban J connectivity index is 1.91. The number of hydrogen-bond donors (Lipinski definition) is 2. The van der Waals surface area contributed by atoms with Crippen LogP contribution in [0.3, 0.4) is 0 Å². The Hall–Kier alpha value is -1.88. The molecule has 0 saturated carbocycles. The van der Waals surface area contributed by atoms with Crippen LogP contribution in [0.2, 0.25) is 0 Å². The van der Waals surface area contributed by atoms with Crippen molar-refractivity contribution in [2.24, 2.45) is 11.7 Å². The Bertz CT molecular complexity index is 516. The lowest BCUT2D eigenvalue weighted by atomic mass is 10.1. The third kappa shape index (κ3) is 4.07. The highest BCUT2D eigenvalue weighted by Crippen LogP contribution is 2.28. The molecular formula is C17H25N3O2. The van der Waals surface area contributed by atoms with Crippen molar-refractivity contribution in [2.75, 3.05) is 13.1 Å². The maximum atomic E-state index is 12.2. The van der Waals surface area contributed by atoms with Gasteiger partial charge >= 0.3 is 0 Å². The van der Waals surface area contributed by atoms with Gasteiger partial charge in [-0.15, -0.1) is 0 Å². The Morgan fingerprint density at radius 2 is 2.05 bits per heavy atom. The molecule has 0 radical (unpaired) electrons. The first-order chi connectivity index (χ1) is 10.5.